The van der Waals surface area contributed by atoms with E-state index in [1.807, 2.05) is 13.8 Å². The largest absolute Gasteiger partial charge is 0.417 e. The average Bonchev–Trinajstić information content (AvgIpc) is 2.70. The zero-order chi connectivity index (χ0) is 15.1. The van der Waals surface area contributed by atoms with Crippen molar-refractivity contribution in [2.24, 2.45) is 0 Å². The lowest BCUT2D eigenvalue weighted by Gasteiger charge is -2.09. The third-order valence-corrected chi connectivity index (χ3v) is 2.98. The van der Waals surface area contributed by atoms with Crippen molar-refractivity contribution in [2.75, 3.05) is 5.73 Å². The van der Waals surface area contributed by atoms with Crippen LogP contribution < -0.4 is 5.73 Å². The van der Waals surface area contributed by atoms with Crippen LogP contribution in [-0.2, 0) is 6.18 Å². The Labute approximate surface area is 118 Å². The minimum absolute atomic E-state index is 0.0732. The summed E-state index contributed by atoms with van der Waals surface area (Å²) in [6, 6.07) is 2.44. The van der Waals surface area contributed by atoms with Crippen LogP contribution in [0.5, 0.6) is 0 Å². The van der Waals surface area contributed by atoms with Gasteiger partial charge in [-0.05, 0) is 12.0 Å². The highest BCUT2D eigenvalue weighted by Crippen LogP contribution is 2.32. The number of alkyl halides is 3. The summed E-state index contributed by atoms with van der Waals surface area (Å²) >= 11 is 5.85. The molecular weight excluding hydrogens is 293 g/mol. The molecule has 0 radical (unpaired) electrons. The van der Waals surface area contributed by atoms with Gasteiger partial charge in [0.1, 0.15) is 5.82 Å². The van der Waals surface area contributed by atoms with Gasteiger partial charge in [0, 0.05) is 12.3 Å². The molecule has 0 aliphatic heterocycles. The first-order valence-electron chi connectivity index (χ1n) is 5.78. The minimum Gasteiger partial charge on any atom is -0.384 e. The molecule has 2 heterocycles. The Morgan fingerprint density at radius 3 is 2.40 bits per heavy atom. The molecule has 4 nitrogen and oxygen atoms in total. The molecule has 2 N–H and O–H groups in total. The molecule has 2 aromatic heterocycles. The summed E-state index contributed by atoms with van der Waals surface area (Å²) in [6.45, 7) is 3.85. The standard InChI is InChI=1S/C12H12ClF3N4/c1-6(2)9-4-10(17)20(19-9)11-8(13)3-7(5-18-11)12(14,15)16/h3-6H,17H2,1-2H3. The first kappa shape index (κ1) is 14.6. The van der Waals surface area contributed by atoms with Gasteiger partial charge in [0.25, 0.3) is 0 Å². The van der Waals surface area contributed by atoms with E-state index in [1.165, 1.54) is 4.68 Å². The molecular formula is C12H12ClF3N4. The van der Waals surface area contributed by atoms with E-state index in [0.717, 1.165) is 6.07 Å². The van der Waals surface area contributed by atoms with Crippen LogP contribution >= 0.6 is 11.6 Å². The summed E-state index contributed by atoms with van der Waals surface area (Å²) in [5.74, 6) is 0.471. The van der Waals surface area contributed by atoms with Gasteiger partial charge in [-0.25, -0.2) is 4.98 Å². The van der Waals surface area contributed by atoms with E-state index >= 15 is 0 Å². The summed E-state index contributed by atoms with van der Waals surface area (Å²) in [6.07, 6.45) is -3.79. The van der Waals surface area contributed by atoms with E-state index in [9.17, 15) is 13.2 Å². The van der Waals surface area contributed by atoms with Crippen molar-refractivity contribution >= 4 is 17.4 Å². The summed E-state index contributed by atoms with van der Waals surface area (Å²) < 4.78 is 38.9. The molecule has 0 saturated carbocycles. The van der Waals surface area contributed by atoms with Gasteiger partial charge in [0.2, 0.25) is 0 Å². The Balaban J connectivity index is 2.49. The van der Waals surface area contributed by atoms with Crippen LogP contribution in [0.1, 0.15) is 31.0 Å². The first-order valence-corrected chi connectivity index (χ1v) is 6.16. The van der Waals surface area contributed by atoms with Crippen LogP contribution in [0.15, 0.2) is 18.3 Å². The lowest BCUT2D eigenvalue weighted by atomic mass is 10.1. The Morgan fingerprint density at radius 1 is 1.30 bits per heavy atom. The first-order chi connectivity index (χ1) is 9.20. The third-order valence-electron chi connectivity index (χ3n) is 2.70. The normalized spacial score (nSPS) is 12.2. The van der Waals surface area contributed by atoms with Crippen molar-refractivity contribution in [2.45, 2.75) is 25.9 Å². The molecule has 0 aromatic carbocycles. The van der Waals surface area contributed by atoms with E-state index < -0.39 is 11.7 Å². The highest BCUT2D eigenvalue weighted by molar-refractivity contribution is 6.32. The topological polar surface area (TPSA) is 56.7 Å². The number of nitrogens with zero attached hydrogens (tertiary/aromatic N) is 3. The molecule has 0 amide bonds. The van der Waals surface area contributed by atoms with Gasteiger partial charge >= 0.3 is 6.18 Å². The van der Waals surface area contributed by atoms with Crippen LogP contribution in [0.25, 0.3) is 5.82 Å². The number of hydrogen-bond acceptors (Lipinski definition) is 3. The molecule has 108 valence electrons. The highest BCUT2D eigenvalue weighted by atomic mass is 35.5. The predicted octanol–water partition coefficient (Wildman–Crippen LogP) is 3.65. The summed E-state index contributed by atoms with van der Waals surface area (Å²) in [5.41, 5.74) is 5.58. The second-order valence-electron chi connectivity index (χ2n) is 4.59. The van der Waals surface area contributed by atoms with Crippen molar-refractivity contribution in [3.63, 3.8) is 0 Å². The van der Waals surface area contributed by atoms with Gasteiger partial charge < -0.3 is 5.73 Å². The maximum Gasteiger partial charge on any atom is 0.417 e. The Bertz CT molecular complexity index is 634. The van der Waals surface area contributed by atoms with E-state index in [2.05, 4.69) is 10.1 Å². The fraction of sp³-hybridized carbons (Fsp3) is 0.333. The third kappa shape index (κ3) is 2.72. The smallest absolute Gasteiger partial charge is 0.384 e. The maximum absolute atomic E-state index is 12.5. The van der Waals surface area contributed by atoms with Crippen LogP contribution in [0.2, 0.25) is 5.02 Å². The Kier molecular flexibility index (Phi) is 3.64. The lowest BCUT2D eigenvalue weighted by molar-refractivity contribution is -0.137. The number of halogens is 4. The fourth-order valence-corrected chi connectivity index (χ4v) is 1.85. The number of rotatable bonds is 2. The van der Waals surface area contributed by atoms with E-state index in [-0.39, 0.29) is 22.6 Å². The zero-order valence-corrected chi connectivity index (χ0v) is 11.5. The quantitative estimate of drug-likeness (QED) is 0.921. The second kappa shape index (κ2) is 4.97. The molecule has 0 spiro atoms. The van der Waals surface area contributed by atoms with Gasteiger partial charge in [-0.1, -0.05) is 25.4 Å². The lowest BCUT2D eigenvalue weighted by Crippen LogP contribution is -2.09. The van der Waals surface area contributed by atoms with Crippen molar-refractivity contribution in [3.8, 4) is 5.82 Å². The second-order valence-corrected chi connectivity index (χ2v) is 4.99. The summed E-state index contributed by atoms with van der Waals surface area (Å²) in [4.78, 5) is 3.72. The molecule has 0 aliphatic carbocycles. The zero-order valence-electron chi connectivity index (χ0n) is 10.7. The van der Waals surface area contributed by atoms with Gasteiger partial charge in [-0.3, -0.25) is 0 Å². The number of pyridine rings is 1. The molecule has 20 heavy (non-hydrogen) atoms. The predicted molar refractivity (Wildman–Crippen MR) is 69.9 cm³/mol. The van der Waals surface area contributed by atoms with Crippen LogP contribution in [-0.4, -0.2) is 14.8 Å². The molecule has 0 unspecified atom stereocenters. The van der Waals surface area contributed by atoms with Crippen molar-refractivity contribution in [1.29, 1.82) is 0 Å². The van der Waals surface area contributed by atoms with E-state index in [4.69, 9.17) is 17.3 Å². The monoisotopic (exact) mass is 304 g/mol. The van der Waals surface area contributed by atoms with Crippen LogP contribution in [0.3, 0.4) is 0 Å². The number of nitrogens with two attached hydrogens (primary N) is 1. The summed E-state index contributed by atoms with van der Waals surface area (Å²) in [7, 11) is 0. The van der Waals surface area contributed by atoms with Gasteiger partial charge in [-0.15, -0.1) is 0 Å². The number of aromatic nitrogens is 3. The van der Waals surface area contributed by atoms with Gasteiger partial charge in [-0.2, -0.15) is 23.0 Å². The van der Waals surface area contributed by atoms with E-state index in [0.29, 0.717) is 11.9 Å². The van der Waals surface area contributed by atoms with Crippen molar-refractivity contribution in [3.05, 3.63) is 34.6 Å². The molecule has 0 fully saturated rings. The van der Waals surface area contributed by atoms with Gasteiger partial charge in [0.15, 0.2) is 5.82 Å². The Morgan fingerprint density at radius 2 is 1.95 bits per heavy atom. The van der Waals surface area contributed by atoms with Crippen LogP contribution in [0.4, 0.5) is 19.0 Å². The highest BCUT2D eigenvalue weighted by Gasteiger charge is 2.32. The minimum atomic E-state index is -4.49. The summed E-state index contributed by atoms with van der Waals surface area (Å²) in [5, 5.41) is 4.03. The molecule has 2 rings (SSSR count). The SMILES string of the molecule is CC(C)c1cc(N)n(-c2ncc(C(F)(F)F)cc2Cl)n1. The number of hydrogen-bond donors (Lipinski definition) is 1. The van der Waals surface area contributed by atoms with Crippen LogP contribution in [0, 0.1) is 0 Å². The maximum atomic E-state index is 12.5. The molecule has 0 atom stereocenters. The number of anilines is 1. The van der Waals surface area contributed by atoms with Gasteiger partial charge in [0.05, 0.1) is 16.3 Å². The molecule has 2 aromatic rings. The van der Waals surface area contributed by atoms with E-state index in [1.54, 1.807) is 6.07 Å². The molecule has 0 aliphatic rings. The van der Waals surface area contributed by atoms with Crippen molar-refractivity contribution in [1.82, 2.24) is 14.8 Å². The fourth-order valence-electron chi connectivity index (χ4n) is 1.61. The molecule has 0 bridgehead atoms. The average molecular weight is 305 g/mol. The Hall–Kier alpha value is -1.76. The van der Waals surface area contributed by atoms with Crippen molar-refractivity contribution < 1.29 is 13.2 Å². The molecule has 0 saturated heterocycles. The molecule has 8 heteroatoms. The number of nitrogen functional groups attached to an aromatic ring is 1.